The first-order valence-electron chi connectivity index (χ1n) is 15.8. The topological polar surface area (TPSA) is 76.1 Å². The lowest BCUT2D eigenvalue weighted by Gasteiger charge is -2.09. The van der Waals surface area contributed by atoms with Gasteiger partial charge in [0.05, 0.1) is 0 Å². The molecular weight excluding hydrogens is 452 g/mol. The van der Waals surface area contributed by atoms with Crippen molar-refractivity contribution in [3.63, 3.8) is 0 Å². The average molecular weight is 519 g/mol. The van der Waals surface area contributed by atoms with Crippen LogP contribution >= 0.6 is 0 Å². The highest BCUT2D eigenvalue weighted by atomic mass is 14.9. The third-order valence-corrected chi connectivity index (χ3v) is 7.26. The predicted octanol–water partition coefficient (Wildman–Crippen LogP) is 8.22. The van der Waals surface area contributed by atoms with E-state index in [1.165, 1.54) is 140 Å². The van der Waals surface area contributed by atoms with Crippen LogP contribution in [0.2, 0.25) is 0 Å². The van der Waals surface area contributed by atoms with Crippen LogP contribution in [0.1, 0.15) is 147 Å². The minimum Gasteiger partial charge on any atom is -0.330 e. The van der Waals surface area contributed by atoms with Gasteiger partial charge in [-0.3, -0.25) is 0 Å². The zero-order valence-electron chi connectivity index (χ0n) is 23.8. The van der Waals surface area contributed by atoms with E-state index in [0.717, 1.165) is 39.3 Å². The fourth-order valence-electron chi connectivity index (χ4n) is 4.93. The SMILES string of the molecule is C.NCCCCCCCCCCCCNCc1cccc(CNCCCCCCCCCCCCN)c1. The Morgan fingerprint density at radius 2 is 0.730 bits per heavy atom. The monoisotopic (exact) mass is 519 g/mol. The second-order valence-corrected chi connectivity index (χ2v) is 10.8. The Bertz CT molecular complexity index is 518. The van der Waals surface area contributed by atoms with Gasteiger partial charge in [0.25, 0.3) is 0 Å². The van der Waals surface area contributed by atoms with Crippen LogP contribution in [-0.2, 0) is 13.1 Å². The van der Waals surface area contributed by atoms with E-state index in [1.807, 2.05) is 0 Å². The molecule has 0 spiro atoms. The average Bonchev–Trinajstić information content (AvgIpc) is 2.90. The van der Waals surface area contributed by atoms with Gasteiger partial charge in [0, 0.05) is 13.1 Å². The van der Waals surface area contributed by atoms with Gasteiger partial charge in [-0.15, -0.1) is 0 Å². The molecule has 6 N–H and O–H groups in total. The van der Waals surface area contributed by atoms with Gasteiger partial charge in [0.1, 0.15) is 0 Å². The number of hydrogen-bond acceptors (Lipinski definition) is 4. The molecule has 4 heteroatoms. The molecule has 0 amide bonds. The Hall–Kier alpha value is -0.940. The van der Waals surface area contributed by atoms with E-state index in [1.54, 1.807) is 0 Å². The summed E-state index contributed by atoms with van der Waals surface area (Å²) in [4.78, 5) is 0. The molecule has 0 atom stereocenters. The maximum absolute atomic E-state index is 5.54. The van der Waals surface area contributed by atoms with Crippen molar-refractivity contribution in [3.05, 3.63) is 35.4 Å². The van der Waals surface area contributed by atoms with Gasteiger partial charge in [-0.05, 0) is 63.0 Å². The van der Waals surface area contributed by atoms with Crippen molar-refractivity contribution in [2.24, 2.45) is 11.5 Å². The van der Waals surface area contributed by atoms with Crippen molar-refractivity contribution in [2.45, 2.75) is 149 Å². The number of nitrogens with one attached hydrogen (secondary N) is 2. The molecule has 0 aliphatic rings. The van der Waals surface area contributed by atoms with E-state index in [0.29, 0.717) is 0 Å². The summed E-state index contributed by atoms with van der Waals surface area (Å²) in [5, 5.41) is 7.28. The maximum atomic E-state index is 5.54. The van der Waals surface area contributed by atoms with Crippen molar-refractivity contribution < 1.29 is 0 Å². The highest BCUT2D eigenvalue weighted by Crippen LogP contribution is 2.12. The largest absolute Gasteiger partial charge is 0.330 e. The summed E-state index contributed by atoms with van der Waals surface area (Å²) in [6.07, 6.45) is 27.1. The Balaban J connectivity index is 0.0000130. The van der Waals surface area contributed by atoms with Gasteiger partial charge >= 0.3 is 0 Å². The number of benzene rings is 1. The van der Waals surface area contributed by atoms with Gasteiger partial charge < -0.3 is 22.1 Å². The fraction of sp³-hybridized carbons (Fsp3) is 0.818. The number of nitrogens with two attached hydrogens (primary N) is 2. The lowest BCUT2D eigenvalue weighted by Crippen LogP contribution is -2.16. The first-order valence-corrected chi connectivity index (χ1v) is 15.8. The van der Waals surface area contributed by atoms with Crippen LogP contribution in [-0.4, -0.2) is 26.2 Å². The van der Waals surface area contributed by atoms with E-state index < -0.39 is 0 Å². The Morgan fingerprint density at radius 1 is 0.432 bits per heavy atom. The van der Waals surface area contributed by atoms with Gasteiger partial charge in [0.15, 0.2) is 0 Å². The molecule has 1 rings (SSSR count). The molecule has 37 heavy (non-hydrogen) atoms. The van der Waals surface area contributed by atoms with Gasteiger partial charge in [0.2, 0.25) is 0 Å². The molecule has 1 aromatic carbocycles. The minimum absolute atomic E-state index is 0. The normalized spacial score (nSPS) is 11.1. The zero-order chi connectivity index (χ0) is 25.8. The van der Waals surface area contributed by atoms with E-state index >= 15 is 0 Å². The van der Waals surface area contributed by atoms with Crippen molar-refractivity contribution in [2.75, 3.05) is 26.2 Å². The number of hydrogen-bond donors (Lipinski definition) is 4. The summed E-state index contributed by atoms with van der Waals surface area (Å²) >= 11 is 0. The lowest BCUT2D eigenvalue weighted by molar-refractivity contribution is 0.540. The molecule has 0 radical (unpaired) electrons. The van der Waals surface area contributed by atoms with Crippen LogP contribution in [0.4, 0.5) is 0 Å². The van der Waals surface area contributed by atoms with Crippen LogP contribution in [0.15, 0.2) is 24.3 Å². The fourth-order valence-corrected chi connectivity index (χ4v) is 4.93. The summed E-state index contributed by atoms with van der Waals surface area (Å²) in [6, 6.07) is 9.08. The molecule has 4 nitrogen and oxygen atoms in total. The lowest BCUT2D eigenvalue weighted by atomic mass is 10.1. The molecule has 218 valence electrons. The summed E-state index contributed by atoms with van der Waals surface area (Å²) in [6.45, 7) is 5.96. The van der Waals surface area contributed by atoms with E-state index in [9.17, 15) is 0 Å². The van der Waals surface area contributed by atoms with Crippen LogP contribution < -0.4 is 22.1 Å². The van der Waals surface area contributed by atoms with E-state index in [2.05, 4.69) is 34.9 Å². The third-order valence-electron chi connectivity index (χ3n) is 7.26. The summed E-state index contributed by atoms with van der Waals surface area (Å²) in [7, 11) is 0. The van der Waals surface area contributed by atoms with E-state index in [4.69, 9.17) is 11.5 Å². The summed E-state index contributed by atoms with van der Waals surface area (Å²) in [5.74, 6) is 0. The molecular formula is C33H66N4. The minimum atomic E-state index is 0. The predicted molar refractivity (Wildman–Crippen MR) is 167 cm³/mol. The summed E-state index contributed by atoms with van der Waals surface area (Å²) in [5.41, 5.74) is 13.9. The molecule has 1 aromatic rings. The zero-order valence-corrected chi connectivity index (χ0v) is 23.8. The van der Waals surface area contributed by atoms with E-state index in [-0.39, 0.29) is 7.43 Å². The van der Waals surface area contributed by atoms with Crippen LogP contribution in [0.25, 0.3) is 0 Å². The molecule has 0 unspecified atom stereocenters. The smallest absolute Gasteiger partial charge is 0.0205 e. The van der Waals surface area contributed by atoms with Crippen LogP contribution in [0.3, 0.4) is 0 Å². The second kappa shape index (κ2) is 29.6. The molecule has 0 bridgehead atoms. The van der Waals surface area contributed by atoms with Crippen LogP contribution in [0.5, 0.6) is 0 Å². The number of unbranched alkanes of at least 4 members (excludes halogenated alkanes) is 18. The second-order valence-electron chi connectivity index (χ2n) is 10.8. The van der Waals surface area contributed by atoms with Gasteiger partial charge in [-0.2, -0.15) is 0 Å². The van der Waals surface area contributed by atoms with Crippen molar-refractivity contribution in [1.29, 1.82) is 0 Å². The summed E-state index contributed by atoms with van der Waals surface area (Å²) < 4.78 is 0. The maximum Gasteiger partial charge on any atom is 0.0205 e. The first-order chi connectivity index (χ1) is 17.9. The van der Waals surface area contributed by atoms with Crippen molar-refractivity contribution >= 4 is 0 Å². The Morgan fingerprint density at radius 3 is 1.05 bits per heavy atom. The van der Waals surface area contributed by atoms with Crippen molar-refractivity contribution in [1.82, 2.24) is 10.6 Å². The molecule has 0 aromatic heterocycles. The van der Waals surface area contributed by atoms with Gasteiger partial charge in [-0.1, -0.05) is 134 Å². The molecule has 0 saturated carbocycles. The van der Waals surface area contributed by atoms with Gasteiger partial charge in [-0.25, -0.2) is 0 Å². The molecule has 0 fully saturated rings. The Kier molecular flexibility index (Phi) is 28.9. The molecule has 0 heterocycles. The standard InChI is InChI=1S/C32H62N4.CH4/c33-24-17-13-9-5-1-3-7-11-15-19-26-35-29-31-22-21-23-32(28-31)30-36-27-20-16-12-8-4-2-6-10-14-18-25-34;/h21-23,28,35-36H,1-20,24-27,29-30,33-34H2;1H4. The first kappa shape index (κ1) is 36.1. The number of rotatable bonds is 28. The third kappa shape index (κ3) is 25.1. The molecule has 0 saturated heterocycles. The highest BCUT2D eigenvalue weighted by Gasteiger charge is 1.98. The Labute approximate surface area is 232 Å². The van der Waals surface area contributed by atoms with Crippen molar-refractivity contribution in [3.8, 4) is 0 Å². The van der Waals surface area contributed by atoms with Crippen LogP contribution in [0, 0.1) is 0 Å². The quantitative estimate of drug-likeness (QED) is 0.0843. The molecule has 0 aliphatic heterocycles. The molecule has 0 aliphatic carbocycles. The highest BCUT2D eigenvalue weighted by molar-refractivity contribution is 5.23.